The lowest BCUT2D eigenvalue weighted by Crippen LogP contribution is -2.11. The highest BCUT2D eigenvalue weighted by molar-refractivity contribution is 6.31. The van der Waals surface area contributed by atoms with Crippen LogP contribution in [0, 0.1) is 5.82 Å². The van der Waals surface area contributed by atoms with Crippen molar-refractivity contribution in [3.8, 4) is 0 Å². The number of carbonyl (C=O) groups excluding carboxylic acids is 1. The first-order valence-corrected chi connectivity index (χ1v) is 5.08. The number of carbonyl (C=O) groups is 1. The largest absolute Gasteiger partial charge is 0.364 e. The first-order valence-electron chi connectivity index (χ1n) is 4.71. The third kappa shape index (κ3) is 2.42. The molecule has 2 rings (SSSR count). The van der Waals surface area contributed by atoms with Crippen molar-refractivity contribution in [3.63, 3.8) is 0 Å². The quantitative estimate of drug-likeness (QED) is 0.895. The van der Waals surface area contributed by atoms with Crippen LogP contribution in [0.4, 0.5) is 4.39 Å². The van der Waals surface area contributed by atoms with Gasteiger partial charge in [-0.3, -0.25) is 4.79 Å². The Kier molecular flexibility index (Phi) is 3.06. The van der Waals surface area contributed by atoms with Gasteiger partial charge in [-0.2, -0.15) is 0 Å². The van der Waals surface area contributed by atoms with Crippen LogP contribution in [0.5, 0.6) is 0 Å². The van der Waals surface area contributed by atoms with Crippen LogP contribution in [0.2, 0.25) is 5.02 Å². The molecule has 5 nitrogen and oxygen atoms in total. The van der Waals surface area contributed by atoms with Gasteiger partial charge in [0.25, 0.3) is 5.91 Å². The molecule has 0 radical (unpaired) electrons. The van der Waals surface area contributed by atoms with Gasteiger partial charge < -0.3 is 5.73 Å². The molecule has 0 aliphatic carbocycles. The zero-order chi connectivity index (χ0) is 12.4. The summed E-state index contributed by atoms with van der Waals surface area (Å²) in [4.78, 5) is 10.8. The maximum atomic E-state index is 13.5. The fourth-order valence-electron chi connectivity index (χ4n) is 1.33. The second-order valence-corrected chi connectivity index (χ2v) is 3.77. The molecular formula is C10H8ClFN4O. The molecule has 1 aromatic heterocycles. The smallest absolute Gasteiger partial charge is 0.270 e. The van der Waals surface area contributed by atoms with Crippen LogP contribution in [0.25, 0.3) is 0 Å². The van der Waals surface area contributed by atoms with E-state index in [0.29, 0.717) is 5.02 Å². The Morgan fingerprint density at radius 2 is 2.29 bits per heavy atom. The van der Waals surface area contributed by atoms with Crippen LogP contribution in [0.15, 0.2) is 24.4 Å². The highest BCUT2D eigenvalue weighted by Crippen LogP contribution is 2.19. The van der Waals surface area contributed by atoms with E-state index in [0.717, 1.165) is 0 Å². The molecule has 0 saturated carbocycles. The molecule has 7 heteroatoms. The maximum absolute atomic E-state index is 13.5. The van der Waals surface area contributed by atoms with E-state index < -0.39 is 11.7 Å². The van der Waals surface area contributed by atoms with Gasteiger partial charge in [0.05, 0.1) is 12.7 Å². The number of aromatic nitrogens is 3. The number of rotatable bonds is 3. The van der Waals surface area contributed by atoms with Gasteiger partial charge in [-0.15, -0.1) is 5.10 Å². The highest BCUT2D eigenvalue weighted by Gasteiger charge is 2.10. The number of hydrogen-bond acceptors (Lipinski definition) is 3. The first kappa shape index (κ1) is 11.5. The summed E-state index contributed by atoms with van der Waals surface area (Å²) in [5.41, 5.74) is 5.34. The number of hydrogen-bond donors (Lipinski definition) is 1. The lowest BCUT2D eigenvalue weighted by molar-refractivity contribution is 0.0995. The first-order chi connectivity index (χ1) is 8.08. The second-order valence-electron chi connectivity index (χ2n) is 3.37. The summed E-state index contributed by atoms with van der Waals surface area (Å²) in [5, 5.41) is 7.49. The summed E-state index contributed by atoms with van der Waals surface area (Å²) < 4.78 is 14.8. The van der Waals surface area contributed by atoms with Gasteiger partial charge in [0.2, 0.25) is 0 Å². The minimum absolute atomic E-state index is 0.0254. The minimum Gasteiger partial charge on any atom is -0.364 e. The molecule has 0 unspecified atom stereocenters. The van der Waals surface area contributed by atoms with Crippen molar-refractivity contribution in [3.05, 3.63) is 46.5 Å². The van der Waals surface area contributed by atoms with Crippen LogP contribution >= 0.6 is 11.6 Å². The third-order valence-corrected chi connectivity index (χ3v) is 2.53. The molecule has 1 aromatic carbocycles. The fraction of sp³-hybridized carbons (Fsp3) is 0.100. The zero-order valence-electron chi connectivity index (χ0n) is 8.60. The van der Waals surface area contributed by atoms with Crippen LogP contribution in [-0.2, 0) is 6.54 Å². The summed E-state index contributed by atoms with van der Waals surface area (Å²) in [7, 11) is 0. The number of nitrogens with zero attached hydrogens (tertiary/aromatic N) is 3. The predicted octanol–water partition coefficient (Wildman–Crippen LogP) is 1.22. The van der Waals surface area contributed by atoms with Crippen molar-refractivity contribution in [2.24, 2.45) is 5.73 Å². The maximum Gasteiger partial charge on any atom is 0.270 e. The van der Waals surface area contributed by atoms with Crippen molar-refractivity contribution in [2.75, 3.05) is 0 Å². The van der Waals surface area contributed by atoms with E-state index >= 15 is 0 Å². The van der Waals surface area contributed by atoms with Gasteiger partial charge in [-0.1, -0.05) is 22.9 Å². The fourth-order valence-corrected chi connectivity index (χ4v) is 1.56. The molecule has 17 heavy (non-hydrogen) atoms. The van der Waals surface area contributed by atoms with Crippen molar-refractivity contribution in [1.29, 1.82) is 0 Å². The van der Waals surface area contributed by atoms with E-state index in [9.17, 15) is 9.18 Å². The van der Waals surface area contributed by atoms with E-state index in [1.165, 1.54) is 23.0 Å². The molecule has 0 saturated heterocycles. The third-order valence-electron chi connectivity index (χ3n) is 2.17. The number of halogens is 2. The monoisotopic (exact) mass is 254 g/mol. The molecule has 0 aliphatic rings. The number of primary amides is 1. The van der Waals surface area contributed by atoms with E-state index in [4.69, 9.17) is 17.3 Å². The summed E-state index contributed by atoms with van der Waals surface area (Å²) in [6.45, 7) is 0.0891. The van der Waals surface area contributed by atoms with Gasteiger partial charge in [0, 0.05) is 10.6 Å². The summed E-state index contributed by atoms with van der Waals surface area (Å²) >= 11 is 5.86. The van der Waals surface area contributed by atoms with Gasteiger partial charge >= 0.3 is 0 Å². The Morgan fingerprint density at radius 1 is 1.53 bits per heavy atom. The van der Waals surface area contributed by atoms with Gasteiger partial charge in [-0.05, 0) is 12.1 Å². The topological polar surface area (TPSA) is 73.8 Å². The molecule has 0 bridgehead atoms. The van der Waals surface area contributed by atoms with Crippen molar-refractivity contribution >= 4 is 17.5 Å². The molecule has 2 aromatic rings. The number of nitrogens with two attached hydrogens (primary N) is 1. The average molecular weight is 255 g/mol. The van der Waals surface area contributed by atoms with E-state index in [1.54, 1.807) is 6.07 Å². The second kappa shape index (κ2) is 4.50. The SMILES string of the molecule is NC(=O)c1cn(Cc2c(F)cccc2Cl)nn1. The van der Waals surface area contributed by atoms with Crippen molar-refractivity contribution in [1.82, 2.24) is 15.0 Å². The lowest BCUT2D eigenvalue weighted by Gasteiger charge is -2.04. The van der Waals surface area contributed by atoms with Crippen LogP contribution < -0.4 is 5.73 Å². The molecule has 1 heterocycles. The Bertz CT molecular complexity index is 549. The number of amides is 1. The molecule has 0 atom stereocenters. The summed E-state index contributed by atoms with van der Waals surface area (Å²) in [6, 6.07) is 4.39. The van der Waals surface area contributed by atoms with Gasteiger partial charge in [-0.25, -0.2) is 9.07 Å². The van der Waals surface area contributed by atoms with Gasteiger partial charge in [0.15, 0.2) is 5.69 Å². The normalized spacial score (nSPS) is 10.5. The number of benzene rings is 1. The van der Waals surface area contributed by atoms with E-state index in [1.807, 2.05) is 0 Å². The molecule has 88 valence electrons. The average Bonchev–Trinajstić information content (AvgIpc) is 2.72. The van der Waals surface area contributed by atoms with Crippen molar-refractivity contribution < 1.29 is 9.18 Å². The standard InChI is InChI=1S/C10H8ClFN4O/c11-7-2-1-3-8(12)6(7)4-16-5-9(10(13)17)14-15-16/h1-3,5H,4H2,(H2,13,17). The molecule has 1 amide bonds. The molecule has 0 spiro atoms. The van der Waals surface area contributed by atoms with Crippen LogP contribution in [0.3, 0.4) is 0 Å². The lowest BCUT2D eigenvalue weighted by atomic mass is 10.2. The van der Waals surface area contributed by atoms with Crippen LogP contribution in [-0.4, -0.2) is 20.9 Å². The Morgan fingerprint density at radius 3 is 2.88 bits per heavy atom. The predicted molar refractivity (Wildman–Crippen MR) is 59.1 cm³/mol. The minimum atomic E-state index is -0.684. The summed E-state index contributed by atoms with van der Waals surface area (Å²) in [5.74, 6) is -1.12. The van der Waals surface area contributed by atoms with Gasteiger partial charge in [0.1, 0.15) is 5.82 Å². The zero-order valence-corrected chi connectivity index (χ0v) is 9.36. The molecule has 0 aliphatic heterocycles. The van der Waals surface area contributed by atoms with Crippen molar-refractivity contribution in [2.45, 2.75) is 6.54 Å². The van der Waals surface area contributed by atoms with E-state index in [2.05, 4.69) is 10.3 Å². The van der Waals surface area contributed by atoms with Crippen LogP contribution in [0.1, 0.15) is 16.1 Å². The highest BCUT2D eigenvalue weighted by atomic mass is 35.5. The molecular weight excluding hydrogens is 247 g/mol. The Labute approximate surface area is 101 Å². The Hall–Kier alpha value is -1.95. The molecule has 2 N–H and O–H groups in total. The Balaban J connectivity index is 2.28. The molecule has 0 fully saturated rings. The van der Waals surface area contributed by atoms with E-state index in [-0.39, 0.29) is 17.8 Å². The summed E-state index contributed by atoms with van der Waals surface area (Å²) in [6.07, 6.45) is 1.34.